The molecule has 0 saturated heterocycles. The molecular weight excluding hydrogens is 286 g/mol. The third kappa shape index (κ3) is 2.41. The summed E-state index contributed by atoms with van der Waals surface area (Å²) in [4.78, 5) is 9.58. The molecule has 0 aliphatic heterocycles. The van der Waals surface area contributed by atoms with Gasteiger partial charge in [0.2, 0.25) is 5.95 Å². The smallest absolute Gasteiger partial charge is 0.220 e. The zero-order valence-electron chi connectivity index (χ0n) is 9.07. The van der Waals surface area contributed by atoms with E-state index in [1.54, 1.807) is 11.3 Å². The molecule has 2 rings (SSSR count). The van der Waals surface area contributed by atoms with Gasteiger partial charge in [-0.15, -0.1) is 11.3 Å². The molecule has 0 saturated carbocycles. The van der Waals surface area contributed by atoms with Crippen LogP contribution in [-0.2, 0) is 0 Å². The van der Waals surface area contributed by atoms with Gasteiger partial charge in [-0.25, -0.2) is 9.97 Å². The predicted molar refractivity (Wildman–Crippen MR) is 71.5 cm³/mol. The second kappa shape index (κ2) is 4.51. The number of rotatable bonds is 2. The zero-order chi connectivity index (χ0) is 11.7. The summed E-state index contributed by atoms with van der Waals surface area (Å²) in [6.45, 7) is 4.19. The van der Waals surface area contributed by atoms with Crippen LogP contribution in [0.1, 0.15) is 25.5 Å². The number of halogens is 1. The minimum Gasteiger partial charge on any atom is -0.368 e. The third-order valence-electron chi connectivity index (χ3n) is 2.17. The standard InChI is InChI=1S/C11H12BrN3S/c1-6(2)8-4-9(15-11(13)14-8)10-3-7(12)5-16-10/h3-6H,1-2H3,(H2,13,14,15). The second-order valence-corrected chi connectivity index (χ2v) is 5.65. The molecule has 2 aromatic rings. The van der Waals surface area contributed by atoms with E-state index in [0.717, 1.165) is 20.7 Å². The maximum atomic E-state index is 5.71. The number of aromatic nitrogens is 2. The van der Waals surface area contributed by atoms with Gasteiger partial charge in [0, 0.05) is 15.5 Å². The molecule has 0 fully saturated rings. The molecule has 5 heteroatoms. The summed E-state index contributed by atoms with van der Waals surface area (Å²) >= 11 is 5.07. The molecule has 84 valence electrons. The van der Waals surface area contributed by atoms with E-state index >= 15 is 0 Å². The van der Waals surface area contributed by atoms with Crippen molar-refractivity contribution in [1.29, 1.82) is 0 Å². The van der Waals surface area contributed by atoms with Crippen molar-refractivity contribution in [3.8, 4) is 10.6 Å². The van der Waals surface area contributed by atoms with Gasteiger partial charge < -0.3 is 5.73 Å². The number of nitrogens with two attached hydrogens (primary N) is 1. The van der Waals surface area contributed by atoms with E-state index in [4.69, 9.17) is 5.73 Å². The largest absolute Gasteiger partial charge is 0.368 e. The molecule has 2 heterocycles. The summed E-state index contributed by atoms with van der Waals surface area (Å²) in [5, 5.41) is 2.03. The van der Waals surface area contributed by atoms with E-state index in [9.17, 15) is 0 Å². The first kappa shape index (κ1) is 11.5. The van der Waals surface area contributed by atoms with Crippen LogP contribution in [-0.4, -0.2) is 9.97 Å². The molecule has 0 bridgehead atoms. The van der Waals surface area contributed by atoms with Gasteiger partial charge in [-0.3, -0.25) is 0 Å². The summed E-state index contributed by atoms with van der Waals surface area (Å²) in [6.07, 6.45) is 0. The van der Waals surface area contributed by atoms with Gasteiger partial charge in [0.05, 0.1) is 10.6 Å². The Morgan fingerprint density at radius 1 is 1.31 bits per heavy atom. The van der Waals surface area contributed by atoms with Crippen LogP contribution in [0.4, 0.5) is 5.95 Å². The molecule has 0 atom stereocenters. The SMILES string of the molecule is CC(C)c1cc(-c2cc(Br)cs2)nc(N)n1. The van der Waals surface area contributed by atoms with Gasteiger partial charge in [-0.2, -0.15) is 0 Å². The van der Waals surface area contributed by atoms with Gasteiger partial charge in [0.1, 0.15) is 0 Å². The fourth-order valence-corrected chi connectivity index (χ4v) is 2.74. The van der Waals surface area contributed by atoms with Crippen LogP contribution in [0.25, 0.3) is 10.6 Å². The average molecular weight is 298 g/mol. The molecule has 0 radical (unpaired) electrons. The molecule has 3 nitrogen and oxygen atoms in total. The highest BCUT2D eigenvalue weighted by Gasteiger charge is 2.09. The molecule has 16 heavy (non-hydrogen) atoms. The minimum absolute atomic E-state index is 0.339. The fourth-order valence-electron chi connectivity index (χ4n) is 1.35. The lowest BCUT2D eigenvalue weighted by Crippen LogP contribution is -2.01. The third-order valence-corrected chi connectivity index (χ3v) is 3.89. The molecule has 0 amide bonds. The van der Waals surface area contributed by atoms with Crippen LogP contribution in [0, 0.1) is 0 Å². The first-order valence-corrected chi connectivity index (χ1v) is 6.62. The number of nitrogens with zero attached hydrogens (tertiary/aromatic N) is 2. The topological polar surface area (TPSA) is 51.8 Å². The van der Waals surface area contributed by atoms with Crippen LogP contribution in [0.5, 0.6) is 0 Å². The van der Waals surface area contributed by atoms with E-state index < -0.39 is 0 Å². The van der Waals surface area contributed by atoms with Crippen molar-refractivity contribution >= 4 is 33.2 Å². The normalized spacial score (nSPS) is 11.0. The Labute approximate surface area is 107 Å². The lowest BCUT2D eigenvalue weighted by molar-refractivity contribution is 0.819. The Hall–Kier alpha value is -0.940. The van der Waals surface area contributed by atoms with Crippen molar-refractivity contribution in [3.05, 3.63) is 27.7 Å². The fraction of sp³-hybridized carbons (Fsp3) is 0.273. The molecule has 2 aromatic heterocycles. The van der Waals surface area contributed by atoms with Crippen LogP contribution < -0.4 is 5.73 Å². The van der Waals surface area contributed by atoms with E-state index in [1.165, 1.54) is 0 Å². The second-order valence-electron chi connectivity index (χ2n) is 3.82. The van der Waals surface area contributed by atoms with Crippen molar-refractivity contribution in [1.82, 2.24) is 9.97 Å². The van der Waals surface area contributed by atoms with Gasteiger partial charge >= 0.3 is 0 Å². The monoisotopic (exact) mass is 297 g/mol. The van der Waals surface area contributed by atoms with Crippen LogP contribution in [0.3, 0.4) is 0 Å². The highest BCUT2D eigenvalue weighted by Crippen LogP contribution is 2.30. The van der Waals surface area contributed by atoms with E-state index in [1.807, 2.05) is 17.5 Å². The lowest BCUT2D eigenvalue weighted by atomic mass is 10.1. The Morgan fingerprint density at radius 3 is 2.62 bits per heavy atom. The van der Waals surface area contributed by atoms with Crippen molar-refractivity contribution < 1.29 is 0 Å². The van der Waals surface area contributed by atoms with E-state index in [-0.39, 0.29) is 0 Å². The summed E-state index contributed by atoms with van der Waals surface area (Å²) in [5.74, 6) is 0.693. The number of hydrogen-bond donors (Lipinski definition) is 1. The highest BCUT2D eigenvalue weighted by molar-refractivity contribution is 9.10. The van der Waals surface area contributed by atoms with Gasteiger partial charge in [0.15, 0.2) is 0 Å². The number of nitrogen functional groups attached to an aromatic ring is 1. The molecule has 2 N–H and O–H groups in total. The summed E-state index contributed by atoms with van der Waals surface area (Å²) in [5.41, 5.74) is 7.59. The molecule has 0 aromatic carbocycles. The van der Waals surface area contributed by atoms with Gasteiger partial charge in [0.25, 0.3) is 0 Å². The first-order valence-electron chi connectivity index (χ1n) is 4.95. The maximum absolute atomic E-state index is 5.71. The Bertz CT molecular complexity index is 508. The van der Waals surface area contributed by atoms with Crippen LogP contribution in [0.2, 0.25) is 0 Å². The van der Waals surface area contributed by atoms with Crippen molar-refractivity contribution in [2.24, 2.45) is 0 Å². The summed E-state index contributed by atoms with van der Waals surface area (Å²) in [6, 6.07) is 4.04. The minimum atomic E-state index is 0.339. The van der Waals surface area contributed by atoms with Gasteiger partial charge in [-0.1, -0.05) is 13.8 Å². The van der Waals surface area contributed by atoms with Crippen LogP contribution in [0.15, 0.2) is 22.0 Å². The highest BCUT2D eigenvalue weighted by atomic mass is 79.9. The predicted octanol–water partition coefficient (Wildman–Crippen LogP) is 3.67. The van der Waals surface area contributed by atoms with Crippen molar-refractivity contribution in [3.63, 3.8) is 0 Å². The van der Waals surface area contributed by atoms with E-state index in [0.29, 0.717) is 11.9 Å². The molecule has 0 aliphatic rings. The summed E-state index contributed by atoms with van der Waals surface area (Å²) in [7, 11) is 0. The van der Waals surface area contributed by atoms with Crippen LogP contribution >= 0.6 is 27.3 Å². The Morgan fingerprint density at radius 2 is 2.06 bits per heavy atom. The molecule has 0 spiro atoms. The molecule has 0 unspecified atom stereocenters. The first-order chi connectivity index (χ1) is 7.56. The number of thiophene rings is 1. The van der Waals surface area contributed by atoms with Crippen molar-refractivity contribution in [2.75, 3.05) is 5.73 Å². The van der Waals surface area contributed by atoms with Gasteiger partial charge in [-0.05, 0) is 34.0 Å². The number of hydrogen-bond acceptors (Lipinski definition) is 4. The number of anilines is 1. The Kier molecular flexibility index (Phi) is 3.25. The average Bonchev–Trinajstić information content (AvgIpc) is 2.64. The molecule has 0 aliphatic carbocycles. The maximum Gasteiger partial charge on any atom is 0.220 e. The molecular formula is C11H12BrN3S. The van der Waals surface area contributed by atoms with Crippen molar-refractivity contribution in [2.45, 2.75) is 19.8 Å². The zero-order valence-corrected chi connectivity index (χ0v) is 11.5. The van der Waals surface area contributed by atoms with E-state index in [2.05, 4.69) is 39.7 Å². The Balaban J connectivity index is 2.49. The summed E-state index contributed by atoms with van der Waals surface area (Å²) < 4.78 is 1.07. The quantitative estimate of drug-likeness (QED) is 0.920. The lowest BCUT2D eigenvalue weighted by Gasteiger charge is -2.06.